The lowest BCUT2D eigenvalue weighted by atomic mass is 9.97. The summed E-state index contributed by atoms with van der Waals surface area (Å²) in [4.78, 5) is 0. The van der Waals surface area contributed by atoms with Crippen LogP contribution in [0, 0.1) is 28.8 Å². The average Bonchev–Trinajstić information content (AvgIpc) is 2.86. The number of methoxy groups -OCH3 is 1. The van der Waals surface area contributed by atoms with Gasteiger partial charge in [0.2, 0.25) is 0 Å². The van der Waals surface area contributed by atoms with Crippen molar-refractivity contribution in [2.24, 2.45) is 0 Å². The molecule has 0 bridgehead atoms. The van der Waals surface area contributed by atoms with Gasteiger partial charge in [0.05, 0.1) is 6.61 Å². The minimum absolute atomic E-state index is 0.268. The van der Waals surface area contributed by atoms with Crippen molar-refractivity contribution < 1.29 is 17.9 Å². The summed E-state index contributed by atoms with van der Waals surface area (Å²) in [5.41, 5.74) is 3.92. The number of ether oxygens (including phenoxy) is 1. The lowest BCUT2D eigenvalue weighted by Crippen LogP contribution is -1.99. The summed E-state index contributed by atoms with van der Waals surface area (Å²) in [6, 6.07) is 21.7. The molecule has 0 radical (unpaired) electrons. The average molecular weight is 474 g/mol. The summed E-state index contributed by atoms with van der Waals surface area (Å²) in [6.45, 7) is 0.710. The minimum atomic E-state index is -0.893. The Morgan fingerprint density at radius 2 is 1.29 bits per heavy atom. The number of rotatable bonds is 9. The van der Waals surface area contributed by atoms with Crippen LogP contribution in [0.25, 0.3) is 10.8 Å². The highest BCUT2D eigenvalue weighted by Gasteiger charge is 2.13. The van der Waals surface area contributed by atoms with Crippen molar-refractivity contribution in [2.45, 2.75) is 32.1 Å². The number of hydrogen-bond acceptors (Lipinski definition) is 2. The van der Waals surface area contributed by atoms with Crippen molar-refractivity contribution in [3.05, 3.63) is 118 Å². The number of nitriles is 1. The van der Waals surface area contributed by atoms with Gasteiger partial charge in [-0.25, -0.2) is 13.2 Å². The Hall–Kier alpha value is -3.62. The molecule has 0 aromatic heterocycles. The van der Waals surface area contributed by atoms with Gasteiger partial charge in [0.1, 0.15) is 29.1 Å². The van der Waals surface area contributed by atoms with Crippen molar-refractivity contribution in [3.63, 3.8) is 0 Å². The molecule has 5 heteroatoms. The summed E-state index contributed by atoms with van der Waals surface area (Å²) < 4.78 is 48.0. The van der Waals surface area contributed by atoms with Gasteiger partial charge in [0.15, 0.2) is 0 Å². The van der Waals surface area contributed by atoms with Gasteiger partial charge in [-0.3, -0.25) is 0 Å². The summed E-state index contributed by atoms with van der Waals surface area (Å²) in [5.74, 6) is -2.10. The fourth-order valence-electron chi connectivity index (χ4n) is 4.27. The lowest BCUT2D eigenvalue weighted by molar-refractivity contribution is 0.202. The molecule has 4 aromatic carbocycles. The van der Waals surface area contributed by atoms with Gasteiger partial charge in [-0.1, -0.05) is 54.6 Å². The number of halogens is 3. The predicted octanol–water partition coefficient (Wildman–Crippen LogP) is 6.89. The third-order valence-electron chi connectivity index (χ3n) is 6.32. The highest BCUT2D eigenvalue weighted by molar-refractivity contribution is 5.84. The molecule has 0 amide bonds. The van der Waals surface area contributed by atoms with Gasteiger partial charge >= 0.3 is 0 Å². The third-order valence-corrected chi connectivity index (χ3v) is 6.32. The second-order valence-electron chi connectivity index (χ2n) is 8.70. The van der Waals surface area contributed by atoms with E-state index in [0.29, 0.717) is 29.5 Å². The molecule has 0 N–H and O–H groups in total. The van der Waals surface area contributed by atoms with Crippen LogP contribution in [0.5, 0.6) is 0 Å². The molecule has 0 aliphatic carbocycles. The van der Waals surface area contributed by atoms with Crippen LogP contribution < -0.4 is 0 Å². The second kappa shape index (κ2) is 11.2. The van der Waals surface area contributed by atoms with Crippen molar-refractivity contribution in [2.75, 3.05) is 13.7 Å². The molecule has 0 aliphatic heterocycles. The maximum absolute atomic E-state index is 15.2. The highest BCUT2D eigenvalue weighted by atomic mass is 19.1. The van der Waals surface area contributed by atoms with Crippen LogP contribution in [-0.2, 0) is 36.8 Å². The van der Waals surface area contributed by atoms with E-state index in [1.54, 1.807) is 19.2 Å². The molecule has 2 nitrogen and oxygen atoms in total. The molecule has 0 unspecified atom stereocenters. The first-order valence-corrected chi connectivity index (χ1v) is 11.6. The Kier molecular flexibility index (Phi) is 7.84. The molecular weight excluding hydrogens is 447 g/mol. The normalized spacial score (nSPS) is 11.1. The predicted molar refractivity (Wildman–Crippen MR) is 132 cm³/mol. The van der Waals surface area contributed by atoms with Crippen LogP contribution >= 0.6 is 0 Å². The van der Waals surface area contributed by atoms with Gasteiger partial charge in [-0.2, -0.15) is 5.26 Å². The van der Waals surface area contributed by atoms with Gasteiger partial charge < -0.3 is 4.74 Å². The Morgan fingerprint density at radius 1 is 0.686 bits per heavy atom. The molecule has 0 saturated heterocycles. The van der Waals surface area contributed by atoms with E-state index in [1.807, 2.05) is 18.2 Å². The van der Waals surface area contributed by atoms with E-state index in [4.69, 9.17) is 10.00 Å². The van der Waals surface area contributed by atoms with Crippen LogP contribution in [0.2, 0.25) is 0 Å². The van der Waals surface area contributed by atoms with Gasteiger partial charge in [-0.05, 0) is 77.4 Å². The molecule has 4 rings (SSSR count). The molecule has 0 fully saturated rings. The summed E-state index contributed by atoms with van der Waals surface area (Å²) in [5, 5.41) is 10.2. The van der Waals surface area contributed by atoms with E-state index in [-0.39, 0.29) is 12.2 Å². The Balaban J connectivity index is 1.42. The summed E-state index contributed by atoms with van der Waals surface area (Å²) in [6.07, 6.45) is 3.22. The zero-order valence-electron chi connectivity index (χ0n) is 19.6. The number of aryl methyl sites for hydroxylation is 4. The quantitative estimate of drug-likeness (QED) is 0.265. The zero-order valence-corrected chi connectivity index (χ0v) is 19.6. The van der Waals surface area contributed by atoms with Gasteiger partial charge in [-0.15, -0.1) is 0 Å². The Morgan fingerprint density at radius 3 is 1.94 bits per heavy atom. The largest absolute Gasteiger partial charge is 0.384 e. The van der Waals surface area contributed by atoms with Crippen LogP contribution in [0.1, 0.15) is 33.4 Å². The lowest BCUT2D eigenvalue weighted by Gasteiger charge is -2.10. The molecular formula is C30H26F3NO. The maximum atomic E-state index is 15.2. The number of hydrogen-bond donors (Lipinski definition) is 0. The second-order valence-corrected chi connectivity index (χ2v) is 8.70. The molecule has 0 heterocycles. The number of fused-ring (bicyclic) bond motifs is 1. The van der Waals surface area contributed by atoms with E-state index in [1.165, 1.54) is 17.2 Å². The minimum Gasteiger partial charge on any atom is -0.384 e. The molecule has 35 heavy (non-hydrogen) atoms. The number of benzene rings is 4. The Bertz CT molecular complexity index is 1350. The molecule has 0 saturated carbocycles. The van der Waals surface area contributed by atoms with Crippen molar-refractivity contribution >= 4 is 10.8 Å². The molecule has 0 spiro atoms. The van der Waals surface area contributed by atoms with Crippen LogP contribution in [0.15, 0.2) is 66.7 Å². The molecule has 0 aliphatic rings. The van der Waals surface area contributed by atoms with E-state index in [0.717, 1.165) is 42.3 Å². The summed E-state index contributed by atoms with van der Waals surface area (Å²) >= 11 is 0. The number of nitrogens with zero attached hydrogens (tertiary/aromatic N) is 1. The third kappa shape index (κ3) is 5.90. The monoisotopic (exact) mass is 473 g/mol. The fourth-order valence-corrected chi connectivity index (χ4v) is 4.27. The fraction of sp³-hybridized carbons (Fsp3) is 0.233. The van der Waals surface area contributed by atoms with Crippen molar-refractivity contribution in [3.8, 4) is 6.07 Å². The van der Waals surface area contributed by atoms with E-state index in [9.17, 15) is 8.78 Å². The van der Waals surface area contributed by atoms with Crippen LogP contribution in [0.3, 0.4) is 0 Å². The SMILES string of the molecule is COCCc1ccc(CCc2ccc3c(F)c(CCc4cc(F)c(C#N)c(F)c4)ccc3c2)cc1. The van der Waals surface area contributed by atoms with E-state index < -0.39 is 17.2 Å². The molecule has 178 valence electrons. The first-order chi connectivity index (χ1) is 17.0. The van der Waals surface area contributed by atoms with Gasteiger partial charge in [0.25, 0.3) is 0 Å². The van der Waals surface area contributed by atoms with Crippen LogP contribution in [0.4, 0.5) is 13.2 Å². The zero-order chi connectivity index (χ0) is 24.8. The first-order valence-electron chi connectivity index (χ1n) is 11.6. The molecule has 0 atom stereocenters. The topological polar surface area (TPSA) is 33.0 Å². The highest BCUT2D eigenvalue weighted by Crippen LogP contribution is 2.25. The maximum Gasteiger partial charge on any atom is 0.144 e. The van der Waals surface area contributed by atoms with Gasteiger partial charge in [0, 0.05) is 12.5 Å². The molecule has 4 aromatic rings. The van der Waals surface area contributed by atoms with Crippen molar-refractivity contribution in [1.82, 2.24) is 0 Å². The van der Waals surface area contributed by atoms with E-state index >= 15 is 4.39 Å². The first kappa shape index (κ1) is 24.5. The van der Waals surface area contributed by atoms with Crippen LogP contribution in [-0.4, -0.2) is 13.7 Å². The van der Waals surface area contributed by atoms with Crippen molar-refractivity contribution in [1.29, 1.82) is 5.26 Å². The smallest absolute Gasteiger partial charge is 0.144 e. The summed E-state index contributed by atoms with van der Waals surface area (Å²) in [7, 11) is 1.70. The van der Waals surface area contributed by atoms with E-state index in [2.05, 4.69) is 24.3 Å². The standard InChI is InChI=1S/C30H26F3NO/c1-35-15-14-21-4-2-20(3-5-21)6-7-22-9-13-26-25(16-22)12-11-24(30(26)33)10-8-23-17-28(31)27(19-34)29(32)18-23/h2-5,9,11-13,16-18H,6-8,10,14-15H2,1H3. The Labute approximate surface area is 203 Å².